The third kappa shape index (κ3) is 4.19. The smallest absolute Gasteiger partial charge is 0.275 e. The zero-order valence-electron chi connectivity index (χ0n) is 16.8. The summed E-state index contributed by atoms with van der Waals surface area (Å²) in [5, 5.41) is 14.4. The first-order chi connectivity index (χ1) is 14.0. The SMILES string of the molecule is COCc1cc(C(=O)Nc2cc([C@@H]3CC[C@H](c4ncc(C)cn4)C3)[nH]n2)n(C)n1. The van der Waals surface area contributed by atoms with Crippen molar-refractivity contribution in [2.75, 3.05) is 12.4 Å². The van der Waals surface area contributed by atoms with E-state index < -0.39 is 0 Å². The summed E-state index contributed by atoms with van der Waals surface area (Å²) in [6, 6.07) is 3.63. The first kappa shape index (κ1) is 19.3. The molecule has 0 aliphatic heterocycles. The minimum absolute atomic E-state index is 0.252. The average Bonchev–Trinajstić information content (AvgIpc) is 3.42. The second-order valence-electron chi connectivity index (χ2n) is 7.57. The van der Waals surface area contributed by atoms with E-state index in [0.717, 1.165) is 36.3 Å². The van der Waals surface area contributed by atoms with E-state index in [2.05, 4.69) is 30.6 Å². The number of carbonyl (C=O) groups excluding carboxylic acids is 1. The fourth-order valence-electron chi connectivity index (χ4n) is 3.86. The van der Waals surface area contributed by atoms with Crippen LogP contribution in [0.2, 0.25) is 0 Å². The van der Waals surface area contributed by atoms with Gasteiger partial charge in [0.2, 0.25) is 0 Å². The number of hydrogen-bond donors (Lipinski definition) is 2. The van der Waals surface area contributed by atoms with Crippen LogP contribution in [0.4, 0.5) is 5.82 Å². The fraction of sp³-hybridized carbons (Fsp3) is 0.450. The van der Waals surface area contributed by atoms with E-state index in [4.69, 9.17) is 4.74 Å². The highest BCUT2D eigenvalue weighted by Gasteiger charge is 2.30. The Morgan fingerprint density at radius 3 is 2.79 bits per heavy atom. The number of nitrogens with one attached hydrogen (secondary N) is 2. The van der Waals surface area contributed by atoms with Crippen LogP contribution in [0.3, 0.4) is 0 Å². The quantitative estimate of drug-likeness (QED) is 0.664. The van der Waals surface area contributed by atoms with Gasteiger partial charge in [0.25, 0.3) is 5.91 Å². The molecule has 1 aliphatic rings. The Kier molecular flexibility index (Phi) is 5.39. The summed E-state index contributed by atoms with van der Waals surface area (Å²) in [7, 11) is 3.33. The second-order valence-corrected chi connectivity index (χ2v) is 7.57. The summed E-state index contributed by atoms with van der Waals surface area (Å²) in [5.74, 6) is 1.88. The predicted octanol–water partition coefficient (Wildman–Crippen LogP) is 2.69. The molecule has 9 heteroatoms. The van der Waals surface area contributed by atoms with Crippen molar-refractivity contribution < 1.29 is 9.53 Å². The minimum atomic E-state index is -0.252. The van der Waals surface area contributed by atoms with Gasteiger partial charge in [-0.2, -0.15) is 10.2 Å². The van der Waals surface area contributed by atoms with Gasteiger partial charge in [-0.3, -0.25) is 14.6 Å². The Morgan fingerprint density at radius 1 is 1.28 bits per heavy atom. The number of amides is 1. The molecule has 2 N–H and O–H groups in total. The molecule has 0 saturated heterocycles. The van der Waals surface area contributed by atoms with Crippen LogP contribution in [-0.4, -0.2) is 43.0 Å². The largest absolute Gasteiger partial charge is 0.378 e. The van der Waals surface area contributed by atoms with E-state index in [1.54, 1.807) is 24.9 Å². The molecular weight excluding hydrogens is 370 g/mol. The average molecular weight is 395 g/mol. The molecule has 1 saturated carbocycles. The van der Waals surface area contributed by atoms with Crippen LogP contribution in [0.5, 0.6) is 0 Å². The molecule has 4 rings (SSSR count). The number of ether oxygens (including phenoxy) is 1. The van der Waals surface area contributed by atoms with Crippen molar-refractivity contribution in [1.82, 2.24) is 29.9 Å². The summed E-state index contributed by atoms with van der Waals surface area (Å²) >= 11 is 0. The van der Waals surface area contributed by atoms with Crippen molar-refractivity contribution >= 4 is 11.7 Å². The van der Waals surface area contributed by atoms with Crippen molar-refractivity contribution in [2.24, 2.45) is 7.05 Å². The van der Waals surface area contributed by atoms with Gasteiger partial charge in [0.1, 0.15) is 11.5 Å². The number of aromatic amines is 1. The maximum absolute atomic E-state index is 12.6. The zero-order chi connectivity index (χ0) is 20.4. The molecule has 2 atom stereocenters. The molecule has 0 spiro atoms. The molecule has 29 heavy (non-hydrogen) atoms. The minimum Gasteiger partial charge on any atom is -0.378 e. The van der Waals surface area contributed by atoms with Crippen molar-refractivity contribution in [3.05, 3.63) is 53.0 Å². The van der Waals surface area contributed by atoms with Crippen molar-refractivity contribution in [1.29, 1.82) is 0 Å². The zero-order valence-corrected chi connectivity index (χ0v) is 16.8. The van der Waals surface area contributed by atoms with Crippen LogP contribution in [0, 0.1) is 6.92 Å². The summed E-state index contributed by atoms with van der Waals surface area (Å²) in [6.45, 7) is 2.35. The maximum atomic E-state index is 12.6. The Bertz CT molecular complexity index is 993. The molecule has 0 radical (unpaired) electrons. The molecule has 3 aromatic heterocycles. The maximum Gasteiger partial charge on any atom is 0.275 e. The van der Waals surface area contributed by atoms with Crippen LogP contribution in [0.15, 0.2) is 24.5 Å². The number of aryl methyl sites for hydroxylation is 2. The van der Waals surface area contributed by atoms with Gasteiger partial charge in [-0.05, 0) is 37.8 Å². The second kappa shape index (κ2) is 8.12. The van der Waals surface area contributed by atoms with Crippen LogP contribution in [0.25, 0.3) is 0 Å². The molecule has 1 aliphatic carbocycles. The summed E-state index contributed by atoms with van der Waals surface area (Å²) in [4.78, 5) is 21.5. The molecular formula is C20H25N7O2. The van der Waals surface area contributed by atoms with Gasteiger partial charge in [0, 0.05) is 50.1 Å². The van der Waals surface area contributed by atoms with Gasteiger partial charge < -0.3 is 10.1 Å². The number of H-pyrrole nitrogens is 1. The third-order valence-corrected chi connectivity index (χ3v) is 5.33. The molecule has 0 aromatic carbocycles. The number of carbonyl (C=O) groups is 1. The van der Waals surface area contributed by atoms with Gasteiger partial charge >= 0.3 is 0 Å². The van der Waals surface area contributed by atoms with E-state index in [-0.39, 0.29) is 5.91 Å². The summed E-state index contributed by atoms with van der Waals surface area (Å²) in [5.41, 5.74) is 3.26. The normalized spacial score (nSPS) is 18.9. The Morgan fingerprint density at radius 2 is 2.03 bits per heavy atom. The highest BCUT2D eigenvalue weighted by atomic mass is 16.5. The number of methoxy groups -OCH3 is 1. The number of nitrogens with zero attached hydrogens (tertiary/aromatic N) is 5. The fourth-order valence-corrected chi connectivity index (χ4v) is 3.86. The Labute approximate surface area is 168 Å². The predicted molar refractivity (Wildman–Crippen MR) is 107 cm³/mol. The number of rotatable bonds is 6. The van der Waals surface area contributed by atoms with E-state index >= 15 is 0 Å². The molecule has 3 heterocycles. The highest BCUT2D eigenvalue weighted by Crippen LogP contribution is 2.42. The van der Waals surface area contributed by atoms with Crippen LogP contribution < -0.4 is 5.32 Å². The lowest BCUT2D eigenvalue weighted by Crippen LogP contribution is -2.16. The lowest BCUT2D eigenvalue weighted by atomic mass is 10.0. The number of aromatic nitrogens is 6. The number of anilines is 1. The first-order valence-corrected chi connectivity index (χ1v) is 9.70. The van der Waals surface area contributed by atoms with Crippen LogP contribution in [0.1, 0.15) is 64.4 Å². The highest BCUT2D eigenvalue weighted by molar-refractivity contribution is 6.02. The van der Waals surface area contributed by atoms with Gasteiger partial charge in [0.05, 0.1) is 12.3 Å². The van der Waals surface area contributed by atoms with E-state index in [0.29, 0.717) is 35.6 Å². The van der Waals surface area contributed by atoms with E-state index in [9.17, 15) is 4.79 Å². The topological polar surface area (TPSA) is 111 Å². The first-order valence-electron chi connectivity index (χ1n) is 9.70. The number of hydrogen-bond acceptors (Lipinski definition) is 6. The van der Waals surface area contributed by atoms with Crippen LogP contribution in [-0.2, 0) is 18.4 Å². The molecule has 1 fully saturated rings. The van der Waals surface area contributed by atoms with E-state index in [1.165, 1.54) is 0 Å². The molecule has 3 aromatic rings. The van der Waals surface area contributed by atoms with Gasteiger partial charge in [-0.1, -0.05) is 0 Å². The lowest BCUT2D eigenvalue weighted by molar-refractivity contribution is 0.101. The van der Waals surface area contributed by atoms with Crippen LogP contribution >= 0.6 is 0 Å². The van der Waals surface area contributed by atoms with Crippen molar-refractivity contribution in [3.8, 4) is 0 Å². The molecule has 1 amide bonds. The monoisotopic (exact) mass is 395 g/mol. The Hall–Kier alpha value is -3.07. The van der Waals surface area contributed by atoms with Gasteiger partial charge in [-0.15, -0.1) is 0 Å². The molecule has 0 bridgehead atoms. The molecule has 152 valence electrons. The Balaban J connectivity index is 1.40. The summed E-state index contributed by atoms with van der Waals surface area (Å²) in [6.07, 6.45) is 6.80. The van der Waals surface area contributed by atoms with Gasteiger partial charge in [-0.25, -0.2) is 9.97 Å². The van der Waals surface area contributed by atoms with Crippen molar-refractivity contribution in [2.45, 2.75) is 44.6 Å². The van der Waals surface area contributed by atoms with Gasteiger partial charge in [0.15, 0.2) is 5.82 Å². The standard InChI is InChI=1S/C20H25N7O2/c1-12-9-21-19(22-10-12)14-5-4-13(6-14)16-8-18(25-24-16)23-20(28)17-7-15(11-29-3)26-27(17)2/h7-10,13-14H,4-6,11H2,1-3H3,(H2,23,24,25,28)/t13-,14+/m1/s1. The summed E-state index contributed by atoms with van der Waals surface area (Å²) < 4.78 is 6.61. The third-order valence-electron chi connectivity index (χ3n) is 5.33. The molecule has 9 nitrogen and oxygen atoms in total. The molecule has 0 unspecified atom stereocenters. The lowest BCUT2D eigenvalue weighted by Gasteiger charge is -2.09. The van der Waals surface area contributed by atoms with Crippen molar-refractivity contribution in [3.63, 3.8) is 0 Å². The van der Waals surface area contributed by atoms with E-state index in [1.807, 2.05) is 25.4 Å².